The summed E-state index contributed by atoms with van der Waals surface area (Å²) in [6, 6.07) is 14.6. The van der Waals surface area contributed by atoms with E-state index in [1.54, 1.807) is 24.3 Å². The van der Waals surface area contributed by atoms with Crippen LogP contribution in [0.1, 0.15) is 21.5 Å². The second-order valence-electron chi connectivity index (χ2n) is 4.07. The lowest BCUT2D eigenvalue weighted by molar-refractivity contribution is 0.0472. The maximum atomic E-state index is 11.8. The number of aryl methyl sites for hydroxylation is 1. The molecule has 2 rings (SSSR count). The van der Waals surface area contributed by atoms with Gasteiger partial charge in [0, 0.05) is 5.02 Å². The Morgan fingerprint density at radius 2 is 1.89 bits per heavy atom. The monoisotopic (exact) mass is 260 g/mol. The maximum Gasteiger partial charge on any atom is 0.338 e. The van der Waals surface area contributed by atoms with Crippen molar-refractivity contribution in [2.75, 3.05) is 0 Å². The Balaban J connectivity index is 1.98. The van der Waals surface area contributed by atoms with Crippen LogP contribution < -0.4 is 0 Å². The van der Waals surface area contributed by atoms with Crippen LogP contribution in [0.3, 0.4) is 0 Å². The van der Waals surface area contributed by atoms with Gasteiger partial charge in [0.05, 0.1) is 5.56 Å². The summed E-state index contributed by atoms with van der Waals surface area (Å²) in [5.74, 6) is -0.324. The molecule has 0 spiro atoms. The smallest absolute Gasteiger partial charge is 0.338 e. The van der Waals surface area contributed by atoms with Gasteiger partial charge in [-0.05, 0) is 36.8 Å². The van der Waals surface area contributed by atoms with E-state index in [4.69, 9.17) is 16.3 Å². The highest BCUT2D eigenvalue weighted by Gasteiger charge is 2.06. The van der Waals surface area contributed by atoms with Crippen LogP contribution in [0.25, 0.3) is 0 Å². The molecule has 0 amide bonds. The third kappa shape index (κ3) is 3.34. The number of carbonyl (C=O) groups is 1. The number of esters is 1. The van der Waals surface area contributed by atoms with Crippen LogP contribution in [0.15, 0.2) is 48.5 Å². The van der Waals surface area contributed by atoms with E-state index in [2.05, 4.69) is 0 Å². The number of halogens is 1. The van der Waals surface area contributed by atoms with E-state index in [1.807, 2.05) is 31.2 Å². The molecule has 18 heavy (non-hydrogen) atoms. The van der Waals surface area contributed by atoms with Gasteiger partial charge in [-0.1, -0.05) is 41.4 Å². The maximum absolute atomic E-state index is 11.8. The van der Waals surface area contributed by atoms with Crippen molar-refractivity contribution in [3.05, 3.63) is 70.2 Å². The number of rotatable bonds is 3. The van der Waals surface area contributed by atoms with E-state index in [0.29, 0.717) is 10.6 Å². The molecule has 3 heteroatoms. The van der Waals surface area contributed by atoms with Crippen LogP contribution in [0.4, 0.5) is 0 Å². The second-order valence-corrected chi connectivity index (χ2v) is 4.51. The van der Waals surface area contributed by atoms with Gasteiger partial charge in [-0.2, -0.15) is 0 Å². The Morgan fingerprint density at radius 1 is 1.17 bits per heavy atom. The highest BCUT2D eigenvalue weighted by atomic mass is 35.5. The summed E-state index contributed by atoms with van der Waals surface area (Å²) in [6.45, 7) is 2.20. The summed E-state index contributed by atoms with van der Waals surface area (Å²) in [7, 11) is 0. The van der Waals surface area contributed by atoms with Crippen molar-refractivity contribution in [3.8, 4) is 0 Å². The molecule has 0 saturated carbocycles. The first kappa shape index (κ1) is 12.7. The molecule has 0 atom stereocenters. The molecule has 92 valence electrons. The number of hydrogen-bond acceptors (Lipinski definition) is 2. The van der Waals surface area contributed by atoms with Crippen LogP contribution in [0.2, 0.25) is 5.02 Å². The first-order valence-electron chi connectivity index (χ1n) is 5.63. The summed E-state index contributed by atoms with van der Waals surface area (Å²) in [5, 5.41) is 0.638. The first-order valence-corrected chi connectivity index (χ1v) is 6.01. The fraction of sp³-hybridized carbons (Fsp3) is 0.133. The van der Waals surface area contributed by atoms with Crippen molar-refractivity contribution in [1.29, 1.82) is 0 Å². The topological polar surface area (TPSA) is 26.3 Å². The molecule has 2 nitrogen and oxygen atoms in total. The predicted octanol–water partition coefficient (Wildman–Crippen LogP) is 4.01. The van der Waals surface area contributed by atoms with Gasteiger partial charge < -0.3 is 4.74 Å². The minimum Gasteiger partial charge on any atom is -0.457 e. The largest absolute Gasteiger partial charge is 0.457 e. The predicted molar refractivity (Wildman–Crippen MR) is 71.8 cm³/mol. The van der Waals surface area contributed by atoms with Crippen molar-refractivity contribution in [3.63, 3.8) is 0 Å². The molecule has 0 unspecified atom stereocenters. The highest BCUT2D eigenvalue weighted by molar-refractivity contribution is 6.30. The first-order chi connectivity index (χ1) is 8.65. The third-order valence-corrected chi connectivity index (χ3v) is 2.78. The Bertz CT molecular complexity index is 547. The summed E-state index contributed by atoms with van der Waals surface area (Å²) in [5.41, 5.74) is 2.55. The van der Waals surface area contributed by atoms with E-state index in [-0.39, 0.29) is 12.6 Å². The lowest BCUT2D eigenvalue weighted by Gasteiger charge is -2.05. The van der Waals surface area contributed by atoms with Crippen molar-refractivity contribution >= 4 is 17.6 Å². The van der Waals surface area contributed by atoms with Crippen LogP contribution in [-0.2, 0) is 11.3 Å². The van der Waals surface area contributed by atoms with Crippen LogP contribution in [-0.4, -0.2) is 5.97 Å². The molecule has 0 aliphatic heterocycles. The quantitative estimate of drug-likeness (QED) is 0.780. The second kappa shape index (κ2) is 5.69. The zero-order valence-electron chi connectivity index (χ0n) is 10.0. The van der Waals surface area contributed by atoms with Crippen molar-refractivity contribution in [2.45, 2.75) is 13.5 Å². The SMILES string of the molecule is Cc1ccc(C(=O)OCc2cccc(Cl)c2)cc1. The van der Waals surface area contributed by atoms with E-state index >= 15 is 0 Å². The van der Waals surface area contributed by atoms with Gasteiger partial charge in [-0.15, -0.1) is 0 Å². The van der Waals surface area contributed by atoms with E-state index in [9.17, 15) is 4.79 Å². The molecule has 2 aromatic rings. The number of carbonyl (C=O) groups excluding carboxylic acids is 1. The summed E-state index contributed by atoms with van der Waals surface area (Å²) >= 11 is 5.85. The Kier molecular flexibility index (Phi) is 4.00. The molecule has 0 bridgehead atoms. The normalized spacial score (nSPS) is 10.1. The molecule has 0 heterocycles. The highest BCUT2D eigenvalue weighted by Crippen LogP contribution is 2.12. The number of ether oxygens (including phenoxy) is 1. The van der Waals surface area contributed by atoms with Crippen molar-refractivity contribution in [1.82, 2.24) is 0 Å². The van der Waals surface area contributed by atoms with Crippen molar-refractivity contribution < 1.29 is 9.53 Å². The molecular weight excluding hydrogens is 248 g/mol. The van der Waals surface area contributed by atoms with Crippen LogP contribution >= 0.6 is 11.6 Å². The third-order valence-electron chi connectivity index (χ3n) is 2.55. The van der Waals surface area contributed by atoms with Gasteiger partial charge >= 0.3 is 5.97 Å². The van der Waals surface area contributed by atoms with Gasteiger partial charge in [0.2, 0.25) is 0 Å². The van der Waals surface area contributed by atoms with Crippen LogP contribution in [0.5, 0.6) is 0 Å². The lowest BCUT2D eigenvalue weighted by atomic mass is 10.1. The van der Waals surface area contributed by atoms with Crippen LogP contribution in [0, 0.1) is 6.92 Å². The molecule has 0 aromatic heterocycles. The molecule has 0 aliphatic rings. The average Bonchev–Trinajstić information content (AvgIpc) is 2.37. The minimum atomic E-state index is -0.324. The minimum absolute atomic E-state index is 0.229. The molecule has 0 radical (unpaired) electrons. The zero-order valence-corrected chi connectivity index (χ0v) is 10.8. The van der Waals surface area contributed by atoms with Gasteiger partial charge in [0.15, 0.2) is 0 Å². The standard InChI is InChI=1S/C15H13ClO2/c1-11-5-7-13(8-6-11)15(17)18-10-12-3-2-4-14(16)9-12/h2-9H,10H2,1H3. The Labute approximate surface area is 111 Å². The van der Waals surface area contributed by atoms with Crippen molar-refractivity contribution in [2.24, 2.45) is 0 Å². The fourth-order valence-electron chi connectivity index (χ4n) is 1.55. The fourth-order valence-corrected chi connectivity index (χ4v) is 1.76. The summed E-state index contributed by atoms with van der Waals surface area (Å²) < 4.78 is 5.21. The lowest BCUT2D eigenvalue weighted by Crippen LogP contribution is -2.05. The molecule has 0 N–H and O–H groups in total. The Hall–Kier alpha value is -1.80. The van der Waals surface area contributed by atoms with Gasteiger partial charge in [0.1, 0.15) is 6.61 Å². The average molecular weight is 261 g/mol. The summed E-state index contributed by atoms with van der Waals surface area (Å²) in [4.78, 5) is 11.8. The van der Waals surface area contributed by atoms with Gasteiger partial charge in [0.25, 0.3) is 0 Å². The molecule has 2 aromatic carbocycles. The number of hydrogen-bond donors (Lipinski definition) is 0. The molecule has 0 fully saturated rings. The van der Waals surface area contributed by atoms with E-state index in [0.717, 1.165) is 11.1 Å². The van der Waals surface area contributed by atoms with E-state index < -0.39 is 0 Å². The molecule has 0 saturated heterocycles. The molecule has 0 aliphatic carbocycles. The summed E-state index contributed by atoms with van der Waals surface area (Å²) in [6.07, 6.45) is 0. The van der Waals surface area contributed by atoms with E-state index in [1.165, 1.54) is 0 Å². The Morgan fingerprint density at radius 3 is 2.56 bits per heavy atom. The molecular formula is C15H13ClO2. The van der Waals surface area contributed by atoms with Gasteiger partial charge in [-0.3, -0.25) is 0 Å². The van der Waals surface area contributed by atoms with Gasteiger partial charge in [-0.25, -0.2) is 4.79 Å². The zero-order chi connectivity index (χ0) is 13.0. The number of benzene rings is 2.